The van der Waals surface area contributed by atoms with Crippen molar-refractivity contribution in [2.75, 3.05) is 50.8 Å². The molecule has 0 saturated heterocycles. The molecule has 0 heterocycles. The van der Waals surface area contributed by atoms with Crippen LogP contribution in [-0.4, -0.2) is 62.7 Å². The first-order valence-corrected chi connectivity index (χ1v) is 7.88. The molecule has 0 atom stereocenters. The second-order valence-corrected chi connectivity index (χ2v) is 4.42. The third kappa shape index (κ3) is 15.6. The molecule has 0 aromatic carbocycles. The average Bonchev–Trinajstić information content (AvgIpc) is 2.40. The largest absolute Gasteiger partial charge is 0.439 e. The fraction of sp³-hybridized carbons (Fsp3) is 0.833. The van der Waals surface area contributed by atoms with E-state index in [-0.39, 0.29) is 12.4 Å². The fourth-order valence-electron chi connectivity index (χ4n) is 1.12. The van der Waals surface area contributed by atoms with E-state index in [0.29, 0.717) is 44.2 Å². The van der Waals surface area contributed by atoms with Crippen LogP contribution in [-0.2, 0) is 23.7 Å². The number of amides is 1. The van der Waals surface area contributed by atoms with E-state index in [4.69, 9.17) is 18.9 Å². The summed E-state index contributed by atoms with van der Waals surface area (Å²) in [5.74, 6) is 0.00399. The van der Waals surface area contributed by atoms with Gasteiger partial charge in [0, 0.05) is 13.2 Å². The zero-order chi connectivity index (χ0) is 15.1. The fourth-order valence-corrected chi connectivity index (χ4v) is 1.40. The van der Waals surface area contributed by atoms with Crippen molar-refractivity contribution in [1.29, 1.82) is 0 Å². The van der Waals surface area contributed by atoms with Crippen molar-refractivity contribution < 1.29 is 28.5 Å². The third-order valence-corrected chi connectivity index (χ3v) is 2.28. The van der Waals surface area contributed by atoms with Crippen molar-refractivity contribution in [3.05, 3.63) is 0 Å². The van der Waals surface area contributed by atoms with Gasteiger partial charge in [-0.1, -0.05) is 0 Å². The van der Waals surface area contributed by atoms with Gasteiger partial charge in [-0.05, 0) is 35.9 Å². The minimum Gasteiger partial charge on any atom is -0.439 e. The highest BCUT2D eigenvalue weighted by molar-refractivity contribution is 14.1. The van der Waals surface area contributed by atoms with Crippen LogP contribution in [0.1, 0.15) is 13.3 Å². The van der Waals surface area contributed by atoms with E-state index in [1.165, 1.54) is 6.92 Å². The van der Waals surface area contributed by atoms with Gasteiger partial charge in [-0.15, -0.1) is 0 Å². The molecule has 118 valence electrons. The first-order valence-electron chi connectivity index (χ1n) is 6.36. The predicted octanol–water partition coefficient (Wildman–Crippen LogP) is 1.13. The lowest BCUT2D eigenvalue weighted by Gasteiger charge is -2.07. The second kappa shape index (κ2) is 14.9. The van der Waals surface area contributed by atoms with Crippen molar-refractivity contribution in [3.8, 4) is 0 Å². The molecule has 0 saturated carbocycles. The number of ketones is 1. The van der Waals surface area contributed by atoms with Crippen LogP contribution in [0.2, 0.25) is 0 Å². The number of halogens is 1. The molecule has 0 aromatic rings. The number of hydrogen-bond acceptors (Lipinski definition) is 6. The summed E-state index contributed by atoms with van der Waals surface area (Å²) in [7, 11) is 0. The van der Waals surface area contributed by atoms with Gasteiger partial charge in [-0.2, -0.15) is 0 Å². The number of Topliss-reactive ketones (excluding diaryl/α,β-unsaturated/α-hetero) is 1. The summed E-state index contributed by atoms with van der Waals surface area (Å²) in [6.45, 7) is 4.50. The molecule has 7 nitrogen and oxygen atoms in total. The monoisotopic (exact) mass is 403 g/mol. The number of carbonyl (C=O) groups excluding carboxylic acids is 2. The zero-order valence-electron chi connectivity index (χ0n) is 11.7. The number of carbonyl (C=O) groups is 2. The maximum atomic E-state index is 10.9. The highest BCUT2D eigenvalue weighted by Crippen LogP contribution is 1.87. The highest BCUT2D eigenvalue weighted by atomic mass is 127. The van der Waals surface area contributed by atoms with Gasteiger partial charge in [0.25, 0.3) is 0 Å². The smallest absolute Gasteiger partial charge is 0.407 e. The van der Waals surface area contributed by atoms with E-state index in [1.807, 2.05) is 22.6 Å². The van der Waals surface area contributed by atoms with E-state index in [2.05, 4.69) is 5.32 Å². The molecule has 0 unspecified atom stereocenters. The van der Waals surface area contributed by atoms with Crippen LogP contribution in [0.25, 0.3) is 0 Å². The lowest BCUT2D eigenvalue weighted by molar-refractivity contribution is -0.122. The normalized spacial score (nSPS) is 10.3. The van der Waals surface area contributed by atoms with Crippen LogP contribution < -0.4 is 5.32 Å². The number of alkyl carbamates (subject to hydrolysis) is 1. The minimum absolute atomic E-state index is 0.00399. The van der Waals surface area contributed by atoms with Gasteiger partial charge in [0.15, 0.2) is 5.78 Å². The molecule has 0 bridgehead atoms. The molecular formula is C12H22INO6. The Hall–Kier alpha value is -0.450. The first-order chi connectivity index (χ1) is 9.66. The van der Waals surface area contributed by atoms with Gasteiger partial charge >= 0.3 is 6.09 Å². The predicted molar refractivity (Wildman–Crippen MR) is 81.1 cm³/mol. The van der Waals surface area contributed by atoms with Gasteiger partial charge in [0.05, 0.1) is 26.4 Å². The van der Waals surface area contributed by atoms with Gasteiger partial charge in [-0.25, -0.2) is 4.79 Å². The second-order valence-electron chi connectivity index (χ2n) is 3.80. The van der Waals surface area contributed by atoms with Crippen molar-refractivity contribution in [2.24, 2.45) is 0 Å². The van der Waals surface area contributed by atoms with Crippen LogP contribution in [0.4, 0.5) is 4.79 Å². The van der Waals surface area contributed by atoms with Gasteiger partial charge in [0.1, 0.15) is 11.2 Å². The van der Waals surface area contributed by atoms with E-state index in [1.54, 1.807) is 0 Å². The topological polar surface area (TPSA) is 83.1 Å². The molecule has 0 fully saturated rings. The Morgan fingerprint density at radius 2 is 1.60 bits per heavy atom. The molecule has 1 N–H and O–H groups in total. The summed E-state index contributed by atoms with van der Waals surface area (Å²) < 4.78 is 20.6. The number of rotatable bonds is 13. The summed E-state index contributed by atoms with van der Waals surface area (Å²) in [4.78, 5) is 21.5. The number of hydrogen-bond donors (Lipinski definition) is 1. The van der Waals surface area contributed by atoms with Gasteiger partial charge < -0.3 is 24.3 Å². The van der Waals surface area contributed by atoms with Crippen molar-refractivity contribution in [1.82, 2.24) is 5.32 Å². The van der Waals surface area contributed by atoms with E-state index < -0.39 is 6.09 Å². The van der Waals surface area contributed by atoms with Crippen molar-refractivity contribution in [3.63, 3.8) is 0 Å². The number of nitrogens with one attached hydrogen (secondary N) is 1. The zero-order valence-corrected chi connectivity index (χ0v) is 13.8. The van der Waals surface area contributed by atoms with E-state index >= 15 is 0 Å². The Morgan fingerprint density at radius 1 is 1.00 bits per heavy atom. The quantitative estimate of drug-likeness (QED) is 0.282. The first kappa shape index (κ1) is 19.6. The molecule has 20 heavy (non-hydrogen) atoms. The van der Waals surface area contributed by atoms with E-state index in [9.17, 15) is 9.59 Å². The summed E-state index contributed by atoms with van der Waals surface area (Å²) in [6.07, 6.45) is 0.311. The molecular weight excluding hydrogens is 381 g/mol. The Bertz CT molecular complexity index is 264. The number of alkyl halides is 1. The Kier molecular flexibility index (Phi) is 14.6. The Labute approximate surface area is 132 Å². The van der Waals surface area contributed by atoms with Crippen LogP contribution >= 0.6 is 22.6 Å². The van der Waals surface area contributed by atoms with Crippen LogP contribution in [0.5, 0.6) is 0 Å². The van der Waals surface area contributed by atoms with Crippen LogP contribution in [0.15, 0.2) is 0 Å². The summed E-state index contributed by atoms with van der Waals surface area (Å²) in [5.41, 5.74) is 0. The Balaban J connectivity index is 3.06. The molecule has 0 aliphatic rings. The van der Waals surface area contributed by atoms with Crippen molar-refractivity contribution in [2.45, 2.75) is 13.3 Å². The van der Waals surface area contributed by atoms with E-state index in [0.717, 1.165) is 6.42 Å². The minimum atomic E-state index is -0.409. The SMILES string of the molecule is CC(=O)COCCOCCOCCCNC(=O)OCI. The van der Waals surface area contributed by atoms with Crippen LogP contribution in [0, 0.1) is 0 Å². The van der Waals surface area contributed by atoms with Crippen molar-refractivity contribution >= 4 is 34.5 Å². The molecule has 0 aliphatic carbocycles. The van der Waals surface area contributed by atoms with Gasteiger partial charge in [0.2, 0.25) is 0 Å². The lowest BCUT2D eigenvalue weighted by atomic mass is 10.4. The number of ether oxygens (including phenoxy) is 4. The van der Waals surface area contributed by atoms with Gasteiger partial charge in [-0.3, -0.25) is 4.79 Å². The maximum Gasteiger partial charge on any atom is 0.407 e. The molecule has 0 rings (SSSR count). The summed E-state index contributed by atoms with van der Waals surface area (Å²) in [5, 5.41) is 2.60. The third-order valence-electron chi connectivity index (χ3n) is 1.97. The highest BCUT2D eigenvalue weighted by Gasteiger charge is 1.98. The molecule has 0 radical (unpaired) electrons. The maximum absolute atomic E-state index is 10.9. The van der Waals surface area contributed by atoms with Crippen LogP contribution in [0.3, 0.4) is 0 Å². The lowest BCUT2D eigenvalue weighted by Crippen LogP contribution is -2.25. The summed E-state index contributed by atoms with van der Waals surface area (Å²) in [6, 6.07) is 0. The standard InChI is InChI=1S/C12H22INO6/c1-11(15)9-19-8-7-18-6-5-17-4-2-3-14-12(16)20-10-13/h2-10H2,1H3,(H,14,16). The molecule has 0 spiro atoms. The molecule has 8 heteroatoms. The molecule has 0 aliphatic heterocycles. The molecule has 0 aromatic heterocycles. The summed E-state index contributed by atoms with van der Waals surface area (Å²) >= 11 is 1.95. The Morgan fingerprint density at radius 3 is 2.20 bits per heavy atom. The average molecular weight is 403 g/mol. The molecule has 1 amide bonds.